The van der Waals surface area contributed by atoms with Crippen LogP contribution in [0.3, 0.4) is 0 Å². The number of hydrogen-bond acceptors (Lipinski definition) is 2. The Morgan fingerprint density at radius 3 is 2.25 bits per heavy atom. The smallest absolute Gasteiger partial charge is 0.0357 e. The van der Waals surface area contributed by atoms with Gasteiger partial charge in [0, 0.05) is 11.6 Å². The molecule has 1 saturated heterocycles. The highest BCUT2D eigenvalue weighted by Crippen LogP contribution is 2.40. The summed E-state index contributed by atoms with van der Waals surface area (Å²) >= 11 is 0. The lowest BCUT2D eigenvalue weighted by atomic mass is 9.69. The molecule has 0 amide bonds. The van der Waals surface area contributed by atoms with Gasteiger partial charge >= 0.3 is 0 Å². The lowest BCUT2D eigenvalue weighted by Gasteiger charge is -2.49. The van der Waals surface area contributed by atoms with Crippen molar-refractivity contribution in [1.82, 2.24) is 4.90 Å². The molecule has 2 fully saturated rings. The Bertz CT molecular complexity index is 279. The summed E-state index contributed by atoms with van der Waals surface area (Å²) in [7, 11) is 0. The van der Waals surface area contributed by atoms with Crippen LogP contribution in [0.25, 0.3) is 0 Å². The van der Waals surface area contributed by atoms with Gasteiger partial charge in [0.2, 0.25) is 0 Å². The van der Waals surface area contributed by atoms with E-state index >= 15 is 0 Å². The minimum absolute atomic E-state index is 0.275. The standard InChI is InChI=1S/C18H36N2/c1-4-15-10-9-11-16(14-15)17(19)18(5-2,6-3)20-12-7-8-13-20/h15-17H,4-14,19H2,1-3H3. The van der Waals surface area contributed by atoms with Crippen LogP contribution >= 0.6 is 0 Å². The fourth-order valence-corrected chi connectivity index (χ4v) is 5.01. The van der Waals surface area contributed by atoms with Gasteiger partial charge < -0.3 is 5.73 Å². The number of hydrogen-bond donors (Lipinski definition) is 1. The van der Waals surface area contributed by atoms with Crippen LogP contribution in [0, 0.1) is 11.8 Å². The van der Waals surface area contributed by atoms with Crippen molar-refractivity contribution in [3.63, 3.8) is 0 Å². The Balaban J connectivity index is 2.11. The van der Waals surface area contributed by atoms with Crippen molar-refractivity contribution in [2.45, 2.75) is 90.1 Å². The Labute approximate surface area is 126 Å². The predicted molar refractivity (Wildman–Crippen MR) is 87.8 cm³/mol. The van der Waals surface area contributed by atoms with Gasteiger partial charge in [0.1, 0.15) is 0 Å². The molecule has 1 heterocycles. The normalized spacial score (nSPS) is 30.6. The first-order chi connectivity index (χ1) is 9.67. The molecule has 0 aromatic rings. The summed E-state index contributed by atoms with van der Waals surface area (Å²) in [6.45, 7) is 9.63. The van der Waals surface area contributed by atoms with Gasteiger partial charge in [-0.3, -0.25) is 4.90 Å². The molecule has 2 aliphatic rings. The van der Waals surface area contributed by atoms with E-state index in [1.165, 1.54) is 70.9 Å². The highest BCUT2D eigenvalue weighted by atomic mass is 15.2. The van der Waals surface area contributed by atoms with Gasteiger partial charge in [0.25, 0.3) is 0 Å². The molecule has 1 saturated carbocycles. The molecular formula is C18H36N2. The lowest BCUT2D eigenvalue weighted by molar-refractivity contribution is 0.0390. The Morgan fingerprint density at radius 1 is 1.05 bits per heavy atom. The average molecular weight is 280 g/mol. The monoisotopic (exact) mass is 280 g/mol. The fourth-order valence-electron chi connectivity index (χ4n) is 5.01. The summed E-state index contributed by atoms with van der Waals surface area (Å²) < 4.78 is 0. The van der Waals surface area contributed by atoms with Crippen molar-refractivity contribution in [3.05, 3.63) is 0 Å². The second kappa shape index (κ2) is 7.26. The Kier molecular flexibility index (Phi) is 5.92. The van der Waals surface area contributed by atoms with Gasteiger partial charge in [-0.15, -0.1) is 0 Å². The number of rotatable bonds is 6. The summed E-state index contributed by atoms with van der Waals surface area (Å²) in [5.41, 5.74) is 7.18. The molecule has 2 N–H and O–H groups in total. The number of likely N-dealkylation sites (tertiary alicyclic amines) is 1. The molecular weight excluding hydrogens is 244 g/mol. The molecule has 0 spiro atoms. The summed E-state index contributed by atoms with van der Waals surface area (Å²) in [6.07, 6.45) is 12.1. The summed E-state index contributed by atoms with van der Waals surface area (Å²) in [6, 6.07) is 0.380. The third-order valence-electron chi connectivity index (χ3n) is 6.49. The maximum Gasteiger partial charge on any atom is 0.0357 e. The number of nitrogens with zero attached hydrogens (tertiary/aromatic N) is 1. The zero-order valence-electron chi connectivity index (χ0n) is 14.0. The third-order valence-corrected chi connectivity index (χ3v) is 6.49. The largest absolute Gasteiger partial charge is 0.326 e. The third kappa shape index (κ3) is 3.06. The van der Waals surface area contributed by atoms with Crippen LogP contribution in [-0.2, 0) is 0 Å². The summed E-state index contributed by atoms with van der Waals surface area (Å²) in [4.78, 5) is 2.74. The maximum atomic E-state index is 6.90. The minimum Gasteiger partial charge on any atom is -0.326 e. The van der Waals surface area contributed by atoms with Crippen LogP contribution in [0.5, 0.6) is 0 Å². The first kappa shape index (κ1) is 16.3. The molecule has 0 aromatic carbocycles. The molecule has 2 rings (SSSR count). The van der Waals surface area contributed by atoms with Gasteiger partial charge in [-0.1, -0.05) is 40.0 Å². The van der Waals surface area contributed by atoms with E-state index in [4.69, 9.17) is 5.73 Å². The molecule has 0 bridgehead atoms. The summed E-state index contributed by atoms with van der Waals surface area (Å²) in [5.74, 6) is 1.69. The summed E-state index contributed by atoms with van der Waals surface area (Å²) in [5, 5.41) is 0. The molecule has 0 aromatic heterocycles. The van der Waals surface area contributed by atoms with Crippen LogP contribution in [0.1, 0.15) is 78.6 Å². The van der Waals surface area contributed by atoms with Crippen LogP contribution in [-0.4, -0.2) is 29.6 Å². The van der Waals surface area contributed by atoms with Gasteiger partial charge in [0.15, 0.2) is 0 Å². The van der Waals surface area contributed by atoms with Crippen molar-refractivity contribution in [1.29, 1.82) is 0 Å². The molecule has 0 radical (unpaired) electrons. The van der Waals surface area contributed by atoms with Crippen molar-refractivity contribution >= 4 is 0 Å². The van der Waals surface area contributed by atoms with E-state index in [1.807, 2.05) is 0 Å². The van der Waals surface area contributed by atoms with Gasteiger partial charge in [0.05, 0.1) is 0 Å². The van der Waals surface area contributed by atoms with Crippen molar-refractivity contribution in [2.75, 3.05) is 13.1 Å². The van der Waals surface area contributed by atoms with Crippen molar-refractivity contribution < 1.29 is 0 Å². The van der Waals surface area contributed by atoms with Gasteiger partial charge in [-0.25, -0.2) is 0 Å². The van der Waals surface area contributed by atoms with Crippen LogP contribution in [0.4, 0.5) is 0 Å². The van der Waals surface area contributed by atoms with Crippen LogP contribution < -0.4 is 5.73 Å². The lowest BCUT2D eigenvalue weighted by Crippen LogP contribution is -2.61. The fraction of sp³-hybridized carbons (Fsp3) is 1.00. The molecule has 3 unspecified atom stereocenters. The minimum atomic E-state index is 0.275. The van der Waals surface area contributed by atoms with E-state index in [1.54, 1.807) is 0 Å². The molecule has 2 nitrogen and oxygen atoms in total. The highest BCUT2D eigenvalue weighted by Gasteiger charge is 2.44. The quantitative estimate of drug-likeness (QED) is 0.790. The molecule has 20 heavy (non-hydrogen) atoms. The van der Waals surface area contributed by atoms with Crippen molar-refractivity contribution in [3.8, 4) is 0 Å². The van der Waals surface area contributed by atoms with E-state index in [-0.39, 0.29) is 5.54 Å². The molecule has 118 valence electrons. The Hall–Kier alpha value is -0.0800. The van der Waals surface area contributed by atoms with Crippen LogP contribution in [0.2, 0.25) is 0 Å². The predicted octanol–water partition coefficient (Wildman–Crippen LogP) is 4.18. The van der Waals surface area contributed by atoms with E-state index in [2.05, 4.69) is 25.7 Å². The second-order valence-corrected chi connectivity index (χ2v) is 7.23. The van der Waals surface area contributed by atoms with Gasteiger partial charge in [-0.05, 0) is 63.5 Å². The van der Waals surface area contributed by atoms with E-state index in [0.29, 0.717) is 6.04 Å². The Morgan fingerprint density at radius 2 is 1.70 bits per heavy atom. The first-order valence-electron chi connectivity index (χ1n) is 9.18. The zero-order chi connectivity index (χ0) is 14.6. The second-order valence-electron chi connectivity index (χ2n) is 7.23. The zero-order valence-corrected chi connectivity index (χ0v) is 14.0. The SMILES string of the molecule is CCC1CCCC(C(N)C(CC)(CC)N2CCCC2)C1. The van der Waals surface area contributed by atoms with Crippen LogP contribution in [0.15, 0.2) is 0 Å². The molecule has 1 aliphatic heterocycles. The topological polar surface area (TPSA) is 29.3 Å². The van der Waals surface area contributed by atoms with E-state index < -0.39 is 0 Å². The number of nitrogens with two attached hydrogens (primary N) is 1. The molecule has 1 aliphatic carbocycles. The molecule has 2 heteroatoms. The maximum absolute atomic E-state index is 6.90. The highest BCUT2D eigenvalue weighted by molar-refractivity contribution is 5.02. The molecule has 3 atom stereocenters. The van der Waals surface area contributed by atoms with Crippen molar-refractivity contribution in [2.24, 2.45) is 17.6 Å². The first-order valence-corrected chi connectivity index (χ1v) is 9.18. The van der Waals surface area contributed by atoms with E-state index in [9.17, 15) is 0 Å². The van der Waals surface area contributed by atoms with Gasteiger partial charge in [-0.2, -0.15) is 0 Å². The van der Waals surface area contributed by atoms with E-state index in [0.717, 1.165) is 11.8 Å². The average Bonchev–Trinajstić information content (AvgIpc) is 3.04.